The molecule has 0 saturated carbocycles. The van der Waals surface area contributed by atoms with E-state index < -0.39 is 68.4 Å². The van der Waals surface area contributed by atoms with Crippen molar-refractivity contribution in [2.45, 2.75) is 127 Å². The highest BCUT2D eigenvalue weighted by atomic mass is 32.2. The molecule has 0 radical (unpaired) electrons. The van der Waals surface area contributed by atoms with Crippen LogP contribution in [0.15, 0.2) is 84.4 Å². The van der Waals surface area contributed by atoms with E-state index in [2.05, 4.69) is 61.5 Å². The third kappa shape index (κ3) is 36.8. The molecule has 2 aliphatic heterocycles. The first-order valence-corrected chi connectivity index (χ1v) is 41.2. The lowest BCUT2D eigenvalue weighted by atomic mass is 9.86. The van der Waals surface area contributed by atoms with Crippen molar-refractivity contribution in [1.29, 1.82) is 0 Å². The van der Waals surface area contributed by atoms with Crippen molar-refractivity contribution in [3.8, 4) is 0 Å². The van der Waals surface area contributed by atoms with Gasteiger partial charge in [0.2, 0.25) is 23.6 Å². The SMILES string of the molecule is COCCOCCOCCOCCOCCOCCOCCOCCC(=O)NCCCC[C@H](NC(=O)CNC(=O)CCC(=O)O)C(=O)NCCCCCCN1N=C(c2ccc(NC(=O)N3Cc4ccncc4C3)cc2)CC(c2cccc3ncccc23)C1=O.CSC[C@H](NC(=O)OCC[Si](C)(C)C)C(=O)O. The van der Waals surface area contributed by atoms with Crippen molar-refractivity contribution in [1.82, 2.24) is 46.5 Å². The summed E-state index contributed by atoms with van der Waals surface area (Å²) in [6.07, 6.45) is 10.1. The predicted molar refractivity (Wildman–Crippen MR) is 401 cm³/mol. The number of thioether (sulfide) groups is 1. The lowest BCUT2D eigenvalue weighted by Crippen LogP contribution is -2.49. The zero-order valence-corrected chi connectivity index (χ0v) is 63.7. The summed E-state index contributed by atoms with van der Waals surface area (Å²) >= 11 is 1.36. The Hall–Kier alpha value is -8.25. The molecule has 6 rings (SSSR count). The van der Waals surface area contributed by atoms with Gasteiger partial charge in [-0.3, -0.25) is 38.7 Å². The van der Waals surface area contributed by atoms with E-state index in [0.29, 0.717) is 175 Å². The summed E-state index contributed by atoms with van der Waals surface area (Å²) in [5.41, 5.74) is 5.94. The van der Waals surface area contributed by atoms with E-state index in [1.54, 1.807) is 41.9 Å². The minimum atomic E-state index is -1.23. The number of anilines is 1. The molecular weight excluding hydrogens is 1410 g/mol. The molecule has 33 heteroatoms. The smallest absolute Gasteiger partial charge is 0.407 e. The summed E-state index contributed by atoms with van der Waals surface area (Å²) in [5, 5.41) is 41.3. The molecule has 4 aromatic rings. The molecule has 4 heterocycles. The fourth-order valence-electron chi connectivity index (χ4n) is 10.6. The van der Waals surface area contributed by atoms with E-state index in [1.807, 2.05) is 60.7 Å². The number of nitrogens with one attached hydrogen (secondary N) is 6. The Bertz CT molecular complexity index is 3330. The number of nitrogens with zero attached hydrogens (tertiary/aromatic N) is 5. The van der Waals surface area contributed by atoms with Crippen LogP contribution in [-0.4, -0.2) is 261 Å². The Morgan fingerprint density at radius 3 is 1.86 bits per heavy atom. The molecule has 0 saturated heterocycles. The highest BCUT2D eigenvalue weighted by Gasteiger charge is 2.34. The van der Waals surface area contributed by atoms with Gasteiger partial charge in [0.15, 0.2) is 0 Å². The molecule has 3 atom stereocenters. The Morgan fingerprint density at radius 1 is 0.623 bits per heavy atom. The van der Waals surface area contributed by atoms with Gasteiger partial charge in [0.05, 0.1) is 136 Å². The largest absolute Gasteiger partial charge is 0.481 e. The van der Waals surface area contributed by atoms with Crippen molar-refractivity contribution in [2.75, 3.05) is 156 Å². The fourth-order valence-corrected chi connectivity index (χ4v) is 11.9. The number of hydrogen-bond acceptors (Lipinski definition) is 22. The van der Waals surface area contributed by atoms with Gasteiger partial charge in [-0.2, -0.15) is 16.9 Å². The van der Waals surface area contributed by atoms with Crippen molar-refractivity contribution in [2.24, 2.45) is 5.10 Å². The summed E-state index contributed by atoms with van der Waals surface area (Å²) in [5.74, 6) is -4.32. The number of amides is 8. The number of fused-ring (bicyclic) bond motifs is 2. The average Bonchev–Trinajstić information content (AvgIpc) is 0.927. The maximum absolute atomic E-state index is 14.3. The molecule has 0 bridgehead atoms. The highest BCUT2D eigenvalue weighted by Crippen LogP contribution is 2.34. The van der Waals surface area contributed by atoms with Gasteiger partial charge in [0, 0.05) is 103 Å². The van der Waals surface area contributed by atoms with E-state index >= 15 is 0 Å². The van der Waals surface area contributed by atoms with Gasteiger partial charge in [0.25, 0.3) is 5.91 Å². The van der Waals surface area contributed by atoms with Crippen LogP contribution >= 0.6 is 11.8 Å². The maximum Gasteiger partial charge on any atom is 0.407 e. The standard InChI is InChI=1S/C63H88N10O16.C10H21NO4SSi/c1-82-28-29-84-32-33-86-36-37-88-40-41-89-39-38-87-35-34-85-31-30-83-27-21-58(75)66-22-6-4-12-55(70-59(76)44-68-57(74)18-19-60(77)78)61(79)67-23-5-2-3-7-26-73-62(80)53(51-10-8-13-54-52(51)11-9-24-65-54)42-56(71-73)47-14-16-50(17-15-47)69-63(81)72-45-48-20-25-64-43-49(48)46-72;1-16-7-8(9(12)13)11-10(14)15-5-6-17(2,3)4/h8-11,13-17,20,24-25,43,53,55H,2-7,12,18-19,21-23,26-42,44-46H2,1H3,(H,66,75)(H,67,79)(H,68,74)(H,69,81)(H,70,76)(H,77,78);8H,5-7H2,1-4H3,(H,11,14)(H,12,13)/t53?,55-;8-/m00/s1. The topological polar surface area (TPSA) is 394 Å². The number of hydrazone groups is 1. The minimum Gasteiger partial charge on any atom is -0.481 e. The van der Waals surface area contributed by atoms with Crippen molar-refractivity contribution < 1.29 is 96.0 Å². The van der Waals surface area contributed by atoms with Crippen LogP contribution in [0.4, 0.5) is 15.3 Å². The van der Waals surface area contributed by atoms with E-state index in [4.69, 9.17) is 57.9 Å². The first-order valence-electron chi connectivity index (χ1n) is 36.1. The van der Waals surface area contributed by atoms with Gasteiger partial charge in [-0.05, 0) is 97.0 Å². The second kappa shape index (κ2) is 51.9. The summed E-state index contributed by atoms with van der Waals surface area (Å²) in [6, 6.07) is 17.9. The third-order valence-corrected chi connectivity index (χ3v) is 18.7. The monoisotopic (exact) mass is 1520 g/mol. The summed E-state index contributed by atoms with van der Waals surface area (Å²) in [7, 11) is 0.401. The molecule has 0 aliphatic carbocycles. The van der Waals surface area contributed by atoms with E-state index in [0.717, 1.165) is 57.8 Å². The second-order valence-electron chi connectivity index (χ2n) is 26.0. The number of pyridine rings is 2. The number of urea groups is 1. The Labute approximate surface area is 625 Å². The van der Waals surface area contributed by atoms with Crippen molar-refractivity contribution in [3.63, 3.8) is 0 Å². The van der Waals surface area contributed by atoms with Gasteiger partial charge >= 0.3 is 24.1 Å². The number of aliphatic carboxylic acids is 2. The van der Waals surface area contributed by atoms with E-state index in [9.17, 15) is 43.2 Å². The number of aromatic nitrogens is 2. The molecule has 106 heavy (non-hydrogen) atoms. The maximum atomic E-state index is 14.3. The third-order valence-electron chi connectivity index (χ3n) is 16.4. The molecule has 8 N–H and O–H groups in total. The summed E-state index contributed by atoms with van der Waals surface area (Å²) in [4.78, 5) is 122. The number of benzene rings is 2. The first-order chi connectivity index (χ1) is 51.2. The number of carboxylic acid groups (broad SMARTS) is 2. The van der Waals surface area contributed by atoms with Gasteiger partial charge in [-0.25, -0.2) is 19.4 Å². The number of carbonyl (C=O) groups excluding carboxylic acids is 7. The van der Waals surface area contributed by atoms with Crippen LogP contribution in [0.2, 0.25) is 25.7 Å². The normalized spacial score (nSPS) is 13.9. The molecule has 2 aromatic carbocycles. The quantitative estimate of drug-likeness (QED) is 0.0176. The number of methoxy groups -OCH3 is 1. The number of alkyl carbamates (subject to hydrolysis) is 1. The highest BCUT2D eigenvalue weighted by molar-refractivity contribution is 7.98. The van der Waals surface area contributed by atoms with Gasteiger partial charge in [-0.1, -0.05) is 62.8 Å². The summed E-state index contributed by atoms with van der Waals surface area (Å²) < 4.78 is 48.1. The van der Waals surface area contributed by atoms with Crippen LogP contribution in [0.5, 0.6) is 0 Å². The van der Waals surface area contributed by atoms with Gasteiger partial charge in [-0.15, -0.1) is 0 Å². The molecule has 2 aliphatic rings. The van der Waals surface area contributed by atoms with Crippen LogP contribution in [0, 0.1) is 0 Å². The van der Waals surface area contributed by atoms with Crippen molar-refractivity contribution in [3.05, 3.63) is 102 Å². The second-order valence-corrected chi connectivity index (χ2v) is 32.5. The molecule has 2 aromatic heterocycles. The van der Waals surface area contributed by atoms with Crippen LogP contribution in [0.3, 0.4) is 0 Å². The van der Waals surface area contributed by atoms with Crippen LogP contribution < -0.4 is 31.9 Å². The first kappa shape index (κ1) is 88.4. The molecule has 1 unspecified atom stereocenters. The van der Waals surface area contributed by atoms with E-state index in [1.165, 1.54) is 11.8 Å². The molecule has 586 valence electrons. The fraction of sp³-hybridized carbons (Fsp3) is 0.589. The van der Waals surface area contributed by atoms with Gasteiger partial charge < -0.3 is 89.6 Å². The van der Waals surface area contributed by atoms with Crippen molar-refractivity contribution >= 4 is 95.7 Å². The molecule has 31 nitrogen and oxygen atoms in total. The molecule has 8 amide bonds. The Kier molecular flexibility index (Phi) is 43.3. The minimum absolute atomic E-state index is 0.118. The number of rotatable bonds is 53. The Morgan fingerprint density at radius 2 is 1.24 bits per heavy atom. The van der Waals surface area contributed by atoms with Crippen LogP contribution in [-0.2, 0) is 89.3 Å². The van der Waals surface area contributed by atoms with Crippen LogP contribution in [0.1, 0.15) is 98.8 Å². The molecule has 0 fully saturated rings. The summed E-state index contributed by atoms with van der Waals surface area (Å²) in [6.45, 7) is 15.0. The zero-order chi connectivity index (χ0) is 76.6. The number of carboxylic acids is 2. The lowest BCUT2D eigenvalue weighted by molar-refractivity contribution is -0.139. The van der Waals surface area contributed by atoms with Gasteiger partial charge in [0.1, 0.15) is 12.1 Å². The number of hydrogen-bond donors (Lipinski definition) is 8. The zero-order valence-electron chi connectivity index (χ0n) is 61.9. The number of carbonyl (C=O) groups is 9. The average molecular weight is 1520 g/mol. The molecule has 0 spiro atoms. The predicted octanol–water partition coefficient (Wildman–Crippen LogP) is 6.35. The number of unbranched alkanes of at least 4 members (excludes halogenated alkanes) is 4. The number of ether oxygens (including phenoxy) is 9. The molecular formula is C73H109N11O20SSi. The Balaban J connectivity index is 0.00000105. The lowest BCUT2D eigenvalue weighted by Gasteiger charge is -2.30. The van der Waals surface area contributed by atoms with Crippen LogP contribution in [0.25, 0.3) is 10.9 Å². The van der Waals surface area contributed by atoms with E-state index in [-0.39, 0.29) is 50.1 Å².